The molecule has 8 nitrogen and oxygen atoms in total. The van der Waals surface area contributed by atoms with Crippen LogP contribution in [0.5, 0.6) is 0 Å². The standard InChI is InChI=1S/C21H28N4O4S/c1-15(26)22-18-9-11-19(12-10-18)30(27,28)25-13-5-8-17(14-25)21-24-23-20(29-21)16-6-3-2-4-7-16/h9-12,16-17H,2-8,13-14H2,1H3,(H,22,26). The molecule has 2 aliphatic rings. The van der Waals surface area contributed by atoms with Gasteiger partial charge >= 0.3 is 0 Å². The fourth-order valence-electron chi connectivity index (χ4n) is 4.35. The predicted molar refractivity (Wildman–Crippen MR) is 112 cm³/mol. The number of hydrogen-bond acceptors (Lipinski definition) is 6. The Labute approximate surface area is 177 Å². The van der Waals surface area contributed by atoms with Crippen molar-refractivity contribution in [2.75, 3.05) is 18.4 Å². The first-order valence-electron chi connectivity index (χ1n) is 10.6. The monoisotopic (exact) mass is 432 g/mol. The molecule has 1 saturated heterocycles. The zero-order chi connectivity index (χ0) is 21.1. The molecule has 1 unspecified atom stereocenters. The summed E-state index contributed by atoms with van der Waals surface area (Å²) in [7, 11) is -3.63. The summed E-state index contributed by atoms with van der Waals surface area (Å²) in [4.78, 5) is 11.4. The van der Waals surface area contributed by atoms with Crippen molar-refractivity contribution < 1.29 is 17.6 Å². The van der Waals surface area contributed by atoms with Gasteiger partial charge < -0.3 is 9.73 Å². The number of hydrogen-bond donors (Lipinski definition) is 1. The van der Waals surface area contributed by atoms with Crippen LogP contribution in [0.1, 0.15) is 75.5 Å². The van der Waals surface area contributed by atoms with Crippen LogP contribution in [0, 0.1) is 0 Å². The van der Waals surface area contributed by atoms with Gasteiger partial charge in [0.2, 0.25) is 27.7 Å². The molecular weight excluding hydrogens is 404 g/mol. The minimum absolute atomic E-state index is 0.0861. The summed E-state index contributed by atoms with van der Waals surface area (Å²) in [6.07, 6.45) is 7.40. The van der Waals surface area contributed by atoms with Crippen LogP contribution in [0.15, 0.2) is 33.6 Å². The van der Waals surface area contributed by atoms with E-state index in [9.17, 15) is 13.2 Å². The minimum Gasteiger partial charge on any atom is -0.425 e. The van der Waals surface area contributed by atoms with E-state index in [0.717, 1.165) is 25.7 Å². The molecule has 1 aromatic heterocycles. The van der Waals surface area contributed by atoms with E-state index >= 15 is 0 Å². The lowest BCUT2D eigenvalue weighted by atomic mass is 9.89. The number of sulfonamides is 1. The lowest BCUT2D eigenvalue weighted by molar-refractivity contribution is -0.114. The molecule has 1 atom stereocenters. The van der Waals surface area contributed by atoms with Gasteiger partial charge in [0.05, 0.1) is 10.8 Å². The van der Waals surface area contributed by atoms with Crippen molar-refractivity contribution in [1.82, 2.24) is 14.5 Å². The van der Waals surface area contributed by atoms with E-state index in [4.69, 9.17) is 4.42 Å². The maximum atomic E-state index is 13.1. The molecule has 1 aromatic carbocycles. The number of carbonyl (C=O) groups excluding carboxylic acids is 1. The first-order valence-corrected chi connectivity index (χ1v) is 12.1. The molecule has 162 valence electrons. The van der Waals surface area contributed by atoms with E-state index in [0.29, 0.717) is 36.5 Å². The van der Waals surface area contributed by atoms with Gasteiger partial charge in [0.1, 0.15) is 0 Å². The SMILES string of the molecule is CC(=O)Nc1ccc(S(=O)(=O)N2CCCC(c3nnc(C4CCCCC4)o3)C2)cc1. The molecule has 1 N–H and O–H groups in total. The average molecular weight is 433 g/mol. The summed E-state index contributed by atoms with van der Waals surface area (Å²) < 4.78 is 33.7. The summed E-state index contributed by atoms with van der Waals surface area (Å²) >= 11 is 0. The maximum absolute atomic E-state index is 13.1. The van der Waals surface area contributed by atoms with Crippen LogP contribution in [0.25, 0.3) is 0 Å². The number of anilines is 1. The second-order valence-corrected chi connectivity index (χ2v) is 10.2. The third kappa shape index (κ3) is 4.57. The van der Waals surface area contributed by atoms with Crippen molar-refractivity contribution >= 4 is 21.6 Å². The highest BCUT2D eigenvalue weighted by Crippen LogP contribution is 2.35. The Morgan fingerprint density at radius 3 is 2.30 bits per heavy atom. The third-order valence-corrected chi connectivity index (χ3v) is 7.84. The third-order valence-electron chi connectivity index (χ3n) is 5.96. The fourth-order valence-corrected chi connectivity index (χ4v) is 5.87. The number of carbonyl (C=O) groups is 1. The highest BCUT2D eigenvalue weighted by atomic mass is 32.2. The number of nitrogens with zero attached hydrogens (tertiary/aromatic N) is 3. The largest absolute Gasteiger partial charge is 0.425 e. The smallest absolute Gasteiger partial charge is 0.243 e. The molecule has 9 heteroatoms. The maximum Gasteiger partial charge on any atom is 0.243 e. The molecule has 30 heavy (non-hydrogen) atoms. The Balaban J connectivity index is 1.46. The molecule has 2 aromatic rings. The Kier molecular flexibility index (Phi) is 6.19. The van der Waals surface area contributed by atoms with Crippen LogP contribution in [-0.4, -0.2) is 41.9 Å². The van der Waals surface area contributed by atoms with E-state index in [-0.39, 0.29) is 16.7 Å². The van der Waals surface area contributed by atoms with Crippen LogP contribution in [0.3, 0.4) is 0 Å². The Bertz CT molecular complexity index is 981. The van der Waals surface area contributed by atoms with Crippen molar-refractivity contribution in [2.45, 2.75) is 68.6 Å². The lowest BCUT2D eigenvalue weighted by Crippen LogP contribution is -2.39. The first-order chi connectivity index (χ1) is 14.4. The molecule has 0 radical (unpaired) electrons. The molecule has 2 fully saturated rings. The Hall–Kier alpha value is -2.26. The van der Waals surface area contributed by atoms with Crippen LogP contribution < -0.4 is 5.32 Å². The van der Waals surface area contributed by atoms with Gasteiger partial charge in [-0.15, -0.1) is 10.2 Å². The van der Waals surface area contributed by atoms with Gasteiger partial charge in [-0.05, 0) is 49.9 Å². The predicted octanol–water partition coefficient (Wildman–Crippen LogP) is 3.64. The molecule has 1 saturated carbocycles. The van der Waals surface area contributed by atoms with Crippen molar-refractivity contribution in [2.24, 2.45) is 0 Å². The van der Waals surface area contributed by atoms with Gasteiger partial charge in [-0.3, -0.25) is 4.79 Å². The first kappa shape index (κ1) is 21.0. The van der Waals surface area contributed by atoms with Gasteiger partial charge in [0.15, 0.2) is 0 Å². The normalized spacial score (nSPS) is 21.4. The van der Waals surface area contributed by atoms with E-state index < -0.39 is 10.0 Å². The quantitative estimate of drug-likeness (QED) is 0.773. The Morgan fingerprint density at radius 2 is 1.63 bits per heavy atom. The molecule has 1 aliphatic carbocycles. The number of benzene rings is 1. The van der Waals surface area contributed by atoms with Gasteiger partial charge in [0.25, 0.3) is 0 Å². The van der Waals surface area contributed by atoms with E-state index in [1.807, 2.05) is 0 Å². The zero-order valence-corrected chi connectivity index (χ0v) is 18.0. The van der Waals surface area contributed by atoms with Crippen LogP contribution in [-0.2, 0) is 14.8 Å². The van der Waals surface area contributed by atoms with Gasteiger partial charge in [-0.25, -0.2) is 8.42 Å². The summed E-state index contributed by atoms with van der Waals surface area (Å²) in [5.41, 5.74) is 0.569. The molecule has 2 heterocycles. The van der Waals surface area contributed by atoms with Gasteiger partial charge in [-0.2, -0.15) is 4.31 Å². The number of rotatable bonds is 5. The lowest BCUT2D eigenvalue weighted by Gasteiger charge is -2.30. The van der Waals surface area contributed by atoms with Gasteiger partial charge in [0, 0.05) is 31.6 Å². The van der Waals surface area contributed by atoms with E-state index in [1.54, 1.807) is 12.1 Å². The highest BCUT2D eigenvalue weighted by Gasteiger charge is 2.34. The molecular formula is C21H28N4O4S. The van der Waals surface area contributed by atoms with Gasteiger partial charge in [-0.1, -0.05) is 19.3 Å². The second-order valence-electron chi connectivity index (χ2n) is 8.22. The molecule has 0 bridgehead atoms. The molecule has 0 spiro atoms. The zero-order valence-electron chi connectivity index (χ0n) is 17.2. The van der Waals surface area contributed by atoms with Crippen LogP contribution in [0.2, 0.25) is 0 Å². The van der Waals surface area contributed by atoms with Crippen molar-refractivity contribution in [3.8, 4) is 0 Å². The van der Waals surface area contributed by atoms with Crippen molar-refractivity contribution in [3.05, 3.63) is 36.0 Å². The van der Waals surface area contributed by atoms with Crippen molar-refractivity contribution in [1.29, 1.82) is 0 Å². The summed E-state index contributed by atoms with van der Waals surface area (Å²) in [6.45, 7) is 2.22. The number of nitrogens with one attached hydrogen (secondary N) is 1. The van der Waals surface area contributed by atoms with E-state index in [1.165, 1.54) is 42.6 Å². The number of aromatic nitrogens is 2. The summed E-state index contributed by atoms with van der Waals surface area (Å²) in [6, 6.07) is 6.25. The second kappa shape index (κ2) is 8.85. The molecule has 1 aliphatic heterocycles. The minimum atomic E-state index is -3.63. The fraction of sp³-hybridized carbons (Fsp3) is 0.571. The van der Waals surface area contributed by atoms with E-state index in [2.05, 4.69) is 15.5 Å². The Morgan fingerprint density at radius 1 is 1.00 bits per heavy atom. The number of piperidine rings is 1. The average Bonchev–Trinajstić information content (AvgIpc) is 3.25. The number of amides is 1. The molecule has 1 amide bonds. The van der Waals surface area contributed by atoms with Crippen LogP contribution >= 0.6 is 0 Å². The van der Waals surface area contributed by atoms with Crippen molar-refractivity contribution in [3.63, 3.8) is 0 Å². The summed E-state index contributed by atoms with van der Waals surface area (Å²) in [5.74, 6) is 1.31. The topological polar surface area (TPSA) is 105 Å². The molecule has 4 rings (SSSR count). The highest BCUT2D eigenvalue weighted by molar-refractivity contribution is 7.89. The van der Waals surface area contributed by atoms with Crippen LogP contribution in [0.4, 0.5) is 5.69 Å². The summed E-state index contributed by atoms with van der Waals surface area (Å²) in [5, 5.41) is 11.2.